The molecule has 90 valence electrons. The molecule has 1 aromatic carbocycles. The second-order valence-corrected chi connectivity index (χ2v) is 5.53. The van der Waals surface area contributed by atoms with Gasteiger partial charge in [0.1, 0.15) is 0 Å². The van der Waals surface area contributed by atoms with E-state index >= 15 is 0 Å². The molecule has 0 fully saturated rings. The summed E-state index contributed by atoms with van der Waals surface area (Å²) in [6.07, 6.45) is 1.14. The Morgan fingerprint density at radius 1 is 1.25 bits per heavy atom. The van der Waals surface area contributed by atoms with Gasteiger partial charge < -0.3 is 10.1 Å². The van der Waals surface area contributed by atoms with Gasteiger partial charge in [0.05, 0.1) is 0 Å². The van der Waals surface area contributed by atoms with Gasteiger partial charge in [0.25, 0.3) is 0 Å². The molecule has 1 aromatic rings. The van der Waals surface area contributed by atoms with Gasteiger partial charge in [0, 0.05) is 36.2 Å². The minimum Gasteiger partial charge on any atom is -0.385 e. The van der Waals surface area contributed by atoms with E-state index in [1.54, 1.807) is 7.11 Å². The molecule has 0 heterocycles. The van der Waals surface area contributed by atoms with Gasteiger partial charge in [-0.05, 0) is 36.4 Å². The highest BCUT2D eigenvalue weighted by Gasteiger charge is 1.92. The molecule has 0 bridgehead atoms. The Kier molecular flexibility index (Phi) is 7.72. The monoisotopic (exact) mass is 303 g/mol. The van der Waals surface area contributed by atoms with Crippen LogP contribution in [0.2, 0.25) is 0 Å². The molecule has 0 saturated heterocycles. The van der Waals surface area contributed by atoms with Gasteiger partial charge in [-0.15, -0.1) is 0 Å². The van der Waals surface area contributed by atoms with E-state index in [2.05, 4.69) is 33.4 Å². The lowest BCUT2D eigenvalue weighted by Gasteiger charge is -2.06. The molecule has 1 N–H and O–H groups in total. The first kappa shape index (κ1) is 13.9. The molecule has 16 heavy (non-hydrogen) atoms. The summed E-state index contributed by atoms with van der Waals surface area (Å²) in [5, 5.41) is 3.39. The molecule has 0 unspecified atom stereocenters. The fraction of sp³-hybridized carbons (Fsp3) is 0.500. The van der Waals surface area contributed by atoms with Crippen LogP contribution in [-0.4, -0.2) is 31.8 Å². The van der Waals surface area contributed by atoms with Crippen LogP contribution in [0.4, 0.5) is 5.69 Å². The van der Waals surface area contributed by atoms with E-state index in [0.29, 0.717) is 0 Å². The Morgan fingerprint density at radius 2 is 2.00 bits per heavy atom. The highest BCUT2D eigenvalue weighted by atomic mass is 79.9. The zero-order chi connectivity index (χ0) is 11.6. The van der Waals surface area contributed by atoms with E-state index in [9.17, 15) is 0 Å². The van der Waals surface area contributed by atoms with E-state index < -0.39 is 0 Å². The summed E-state index contributed by atoms with van der Waals surface area (Å²) in [6, 6.07) is 8.27. The number of ether oxygens (including phenoxy) is 1. The summed E-state index contributed by atoms with van der Waals surface area (Å²) < 4.78 is 6.11. The number of thioether (sulfide) groups is 1. The van der Waals surface area contributed by atoms with E-state index in [1.807, 2.05) is 23.9 Å². The van der Waals surface area contributed by atoms with Crippen molar-refractivity contribution in [3.05, 3.63) is 28.7 Å². The van der Waals surface area contributed by atoms with Crippen LogP contribution in [-0.2, 0) is 4.74 Å². The maximum Gasteiger partial charge on any atom is 0.0470 e. The van der Waals surface area contributed by atoms with Crippen LogP contribution in [0.5, 0.6) is 0 Å². The van der Waals surface area contributed by atoms with Crippen molar-refractivity contribution in [2.24, 2.45) is 0 Å². The first-order chi connectivity index (χ1) is 7.83. The van der Waals surface area contributed by atoms with Gasteiger partial charge in [-0.2, -0.15) is 11.8 Å². The first-order valence-electron chi connectivity index (χ1n) is 5.39. The number of methoxy groups -OCH3 is 1. The molecular formula is C12H18BrNOS. The number of nitrogens with one attached hydrogen (secondary N) is 1. The van der Waals surface area contributed by atoms with Crippen molar-refractivity contribution in [2.75, 3.05) is 37.1 Å². The van der Waals surface area contributed by atoms with Crippen LogP contribution >= 0.6 is 27.7 Å². The zero-order valence-corrected chi connectivity index (χ0v) is 11.9. The molecule has 0 spiro atoms. The molecule has 0 aliphatic carbocycles. The van der Waals surface area contributed by atoms with Gasteiger partial charge in [-0.3, -0.25) is 0 Å². The number of hydrogen-bond donors (Lipinski definition) is 1. The summed E-state index contributed by atoms with van der Waals surface area (Å²) in [5.41, 5.74) is 1.18. The van der Waals surface area contributed by atoms with E-state index in [0.717, 1.165) is 29.8 Å². The lowest BCUT2D eigenvalue weighted by atomic mass is 10.3. The number of hydrogen-bond acceptors (Lipinski definition) is 3. The average molecular weight is 304 g/mol. The largest absolute Gasteiger partial charge is 0.385 e. The number of halogens is 1. The van der Waals surface area contributed by atoms with Gasteiger partial charge in [-0.25, -0.2) is 0 Å². The van der Waals surface area contributed by atoms with E-state index in [4.69, 9.17) is 4.74 Å². The standard InChI is InChI=1S/C12H18BrNOS/c1-15-8-2-9-16-10-7-14-12-5-3-11(13)4-6-12/h3-6,14H,2,7-10H2,1H3. The Morgan fingerprint density at radius 3 is 2.69 bits per heavy atom. The van der Waals surface area contributed by atoms with Crippen LogP contribution in [0.15, 0.2) is 28.7 Å². The molecule has 1 rings (SSSR count). The van der Waals surface area contributed by atoms with Crippen LogP contribution in [0.25, 0.3) is 0 Å². The molecule has 0 saturated carbocycles. The number of rotatable bonds is 8. The molecule has 2 nitrogen and oxygen atoms in total. The second-order valence-electron chi connectivity index (χ2n) is 3.39. The summed E-state index contributed by atoms with van der Waals surface area (Å²) in [4.78, 5) is 0. The zero-order valence-electron chi connectivity index (χ0n) is 9.54. The van der Waals surface area contributed by atoms with Crippen molar-refractivity contribution in [3.8, 4) is 0 Å². The molecule has 0 atom stereocenters. The highest BCUT2D eigenvalue weighted by molar-refractivity contribution is 9.10. The van der Waals surface area contributed by atoms with Crippen LogP contribution in [0.1, 0.15) is 6.42 Å². The SMILES string of the molecule is COCCCSCCNc1ccc(Br)cc1. The Balaban J connectivity index is 2.01. The minimum atomic E-state index is 0.868. The van der Waals surface area contributed by atoms with Gasteiger partial charge >= 0.3 is 0 Å². The van der Waals surface area contributed by atoms with Crippen molar-refractivity contribution in [2.45, 2.75) is 6.42 Å². The van der Waals surface area contributed by atoms with Crippen molar-refractivity contribution in [1.82, 2.24) is 0 Å². The van der Waals surface area contributed by atoms with Crippen LogP contribution < -0.4 is 5.32 Å². The van der Waals surface area contributed by atoms with Gasteiger partial charge in [0.2, 0.25) is 0 Å². The third kappa shape index (κ3) is 6.40. The smallest absolute Gasteiger partial charge is 0.0470 e. The van der Waals surface area contributed by atoms with Crippen molar-refractivity contribution >= 4 is 33.4 Å². The average Bonchev–Trinajstić information content (AvgIpc) is 2.30. The maximum atomic E-state index is 5.00. The van der Waals surface area contributed by atoms with Crippen molar-refractivity contribution < 1.29 is 4.74 Å². The fourth-order valence-corrected chi connectivity index (χ4v) is 2.28. The molecule has 4 heteroatoms. The summed E-state index contributed by atoms with van der Waals surface area (Å²) >= 11 is 5.38. The third-order valence-electron chi connectivity index (χ3n) is 2.06. The fourth-order valence-electron chi connectivity index (χ4n) is 1.24. The topological polar surface area (TPSA) is 21.3 Å². The molecule has 0 radical (unpaired) electrons. The van der Waals surface area contributed by atoms with Crippen LogP contribution in [0.3, 0.4) is 0 Å². The Bertz CT molecular complexity index is 279. The Hall–Kier alpha value is -0.190. The normalized spacial score (nSPS) is 10.4. The molecular weight excluding hydrogens is 286 g/mol. The summed E-state index contributed by atoms with van der Waals surface area (Å²) in [6.45, 7) is 1.88. The highest BCUT2D eigenvalue weighted by Crippen LogP contribution is 2.14. The molecule has 0 aromatic heterocycles. The minimum absolute atomic E-state index is 0.868. The Labute approximate surface area is 110 Å². The van der Waals surface area contributed by atoms with E-state index in [-0.39, 0.29) is 0 Å². The summed E-state index contributed by atoms with van der Waals surface area (Å²) in [7, 11) is 1.75. The van der Waals surface area contributed by atoms with Crippen molar-refractivity contribution in [3.63, 3.8) is 0 Å². The van der Waals surface area contributed by atoms with Gasteiger partial charge in [-0.1, -0.05) is 15.9 Å². The lowest BCUT2D eigenvalue weighted by molar-refractivity contribution is 0.200. The number of benzene rings is 1. The quantitative estimate of drug-likeness (QED) is 0.741. The molecule has 0 aliphatic heterocycles. The predicted octanol–water partition coefficient (Wildman–Crippen LogP) is 3.63. The van der Waals surface area contributed by atoms with Crippen molar-refractivity contribution in [1.29, 1.82) is 0 Å². The lowest BCUT2D eigenvalue weighted by Crippen LogP contribution is -2.04. The third-order valence-corrected chi connectivity index (χ3v) is 3.66. The second kappa shape index (κ2) is 8.90. The summed E-state index contributed by atoms with van der Waals surface area (Å²) in [5.74, 6) is 2.32. The van der Waals surface area contributed by atoms with Gasteiger partial charge in [0.15, 0.2) is 0 Å². The van der Waals surface area contributed by atoms with Crippen LogP contribution in [0, 0.1) is 0 Å². The molecule has 0 amide bonds. The predicted molar refractivity (Wildman–Crippen MR) is 76.4 cm³/mol. The number of anilines is 1. The molecule has 0 aliphatic rings. The maximum absolute atomic E-state index is 5.00. The first-order valence-corrected chi connectivity index (χ1v) is 7.34. The van der Waals surface area contributed by atoms with E-state index in [1.165, 1.54) is 11.4 Å².